The summed E-state index contributed by atoms with van der Waals surface area (Å²) >= 11 is 0. The van der Waals surface area contributed by atoms with Crippen LogP contribution in [0.4, 0.5) is 0 Å². The summed E-state index contributed by atoms with van der Waals surface area (Å²) in [7, 11) is 1.31. The lowest BCUT2D eigenvalue weighted by molar-refractivity contribution is 0.0600. The van der Waals surface area contributed by atoms with Crippen molar-refractivity contribution in [3.8, 4) is 11.4 Å². The molecule has 3 aromatic rings. The third-order valence-corrected chi connectivity index (χ3v) is 4.06. The zero-order valence-electron chi connectivity index (χ0n) is 14.7. The molecule has 6 nitrogen and oxygen atoms in total. The molecule has 1 heterocycles. The van der Waals surface area contributed by atoms with Gasteiger partial charge in [-0.05, 0) is 49.7 Å². The van der Waals surface area contributed by atoms with Crippen molar-refractivity contribution in [2.24, 2.45) is 0 Å². The maximum atomic E-state index is 12.5. The fourth-order valence-electron chi connectivity index (χ4n) is 2.59. The fraction of sp³-hybridized carbons (Fsp3) is 0.150. The van der Waals surface area contributed by atoms with Gasteiger partial charge in [0.05, 0.1) is 30.3 Å². The van der Waals surface area contributed by atoms with E-state index in [2.05, 4.69) is 9.84 Å². The Balaban J connectivity index is 1.81. The minimum atomic E-state index is -0.506. The van der Waals surface area contributed by atoms with E-state index in [1.165, 1.54) is 25.4 Å². The van der Waals surface area contributed by atoms with Crippen molar-refractivity contribution < 1.29 is 19.1 Å². The predicted molar refractivity (Wildman–Crippen MR) is 95.8 cm³/mol. The van der Waals surface area contributed by atoms with Gasteiger partial charge in [-0.3, -0.25) is 0 Å². The molecule has 0 spiro atoms. The highest BCUT2D eigenvalue weighted by Crippen LogP contribution is 2.20. The van der Waals surface area contributed by atoms with Crippen LogP contribution in [0, 0.1) is 13.8 Å². The lowest BCUT2D eigenvalue weighted by atomic mass is 10.2. The molecule has 1 aromatic heterocycles. The second-order valence-corrected chi connectivity index (χ2v) is 5.75. The maximum absolute atomic E-state index is 12.5. The van der Waals surface area contributed by atoms with Gasteiger partial charge >= 0.3 is 11.9 Å². The van der Waals surface area contributed by atoms with Gasteiger partial charge in [0, 0.05) is 0 Å². The molecule has 0 fully saturated rings. The lowest BCUT2D eigenvalue weighted by Gasteiger charge is -2.08. The molecule has 0 aliphatic rings. The van der Waals surface area contributed by atoms with Gasteiger partial charge in [0.2, 0.25) is 0 Å². The Kier molecular flexibility index (Phi) is 4.84. The molecule has 0 atom stereocenters. The van der Waals surface area contributed by atoms with Crippen LogP contribution in [0.25, 0.3) is 5.69 Å². The molecule has 0 bridgehead atoms. The highest BCUT2D eigenvalue weighted by Gasteiger charge is 2.18. The number of benzene rings is 2. The Hall–Kier alpha value is -3.41. The van der Waals surface area contributed by atoms with Gasteiger partial charge in [0.25, 0.3) is 0 Å². The van der Waals surface area contributed by atoms with E-state index in [-0.39, 0.29) is 0 Å². The van der Waals surface area contributed by atoms with Gasteiger partial charge in [-0.2, -0.15) is 5.10 Å². The van der Waals surface area contributed by atoms with E-state index in [4.69, 9.17) is 4.74 Å². The second kappa shape index (κ2) is 7.23. The predicted octanol–water partition coefficient (Wildman–Crippen LogP) is 3.49. The van der Waals surface area contributed by atoms with E-state index in [1.54, 1.807) is 16.8 Å². The van der Waals surface area contributed by atoms with Gasteiger partial charge in [-0.25, -0.2) is 14.3 Å². The number of hydrogen-bond acceptors (Lipinski definition) is 5. The molecule has 2 aromatic carbocycles. The Morgan fingerprint density at radius 2 is 1.65 bits per heavy atom. The van der Waals surface area contributed by atoms with Crippen molar-refractivity contribution >= 4 is 11.9 Å². The smallest absolute Gasteiger partial charge is 0.347 e. The number of aryl methyl sites for hydroxylation is 1. The average molecular weight is 350 g/mol. The first-order valence-electron chi connectivity index (χ1n) is 8.02. The van der Waals surface area contributed by atoms with E-state index < -0.39 is 11.9 Å². The molecule has 0 radical (unpaired) electrons. The highest BCUT2D eigenvalue weighted by atomic mass is 16.5. The van der Waals surface area contributed by atoms with Gasteiger partial charge in [-0.1, -0.05) is 18.2 Å². The van der Waals surface area contributed by atoms with Crippen molar-refractivity contribution in [2.75, 3.05) is 7.11 Å². The summed E-state index contributed by atoms with van der Waals surface area (Å²) in [4.78, 5) is 23.9. The Bertz CT molecular complexity index is 958. The number of hydrogen-bond donors (Lipinski definition) is 0. The van der Waals surface area contributed by atoms with Crippen LogP contribution in [-0.2, 0) is 4.74 Å². The molecule has 0 saturated heterocycles. The van der Waals surface area contributed by atoms with Gasteiger partial charge in [0.1, 0.15) is 11.3 Å². The van der Waals surface area contributed by atoms with Crippen molar-refractivity contribution in [2.45, 2.75) is 13.8 Å². The number of esters is 2. The van der Waals surface area contributed by atoms with Crippen molar-refractivity contribution in [1.82, 2.24) is 9.78 Å². The summed E-state index contributed by atoms with van der Waals surface area (Å²) in [6.07, 6.45) is 1.49. The van der Waals surface area contributed by atoms with Crippen molar-refractivity contribution in [3.05, 3.63) is 77.1 Å². The largest absolute Gasteiger partial charge is 0.465 e. The van der Waals surface area contributed by atoms with Crippen LogP contribution in [0.5, 0.6) is 5.75 Å². The monoisotopic (exact) mass is 350 g/mol. The van der Waals surface area contributed by atoms with Crippen LogP contribution >= 0.6 is 0 Å². The number of ether oxygens (including phenoxy) is 2. The first-order valence-corrected chi connectivity index (χ1v) is 8.02. The summed E-state index contributed by atoms with van der Waals surface area (Å²) in [5.41, 5.74) is 3.42. The average Bonchev–Trinajstić information content (AvgIpc) is 3.03. The summed E-state index contributed by atoms with van der Waals surface area (Å²) in [5.74, 6) is -0.614. The molecular weight excluding hydrogens is 332 g/mol. The van der Waals surface area contributed by atoms with Crippen LogP contribution in [0.2, 0.25) is 0 Å². The van der Waals surface area contributed by atoms with Gasteiger partial charge in [-0.15, -0.1) is 0 Å². The van der Waals surface area contributed by atoms with E-state index in [0.717, 1.165) is 11.3 Å². The number of para-hydroxylation sites is 1. The molecule has 0 saturated carbocycles. The number of aromatic nitrogens is 2. The highest BCUT2D eigenvalue weighted by molar-refractivity contribution is 5.92. The Morgan fingerprint density at radius 1 is 0.962 bits per heavy atom. The molecule has 132 valence electrons. The molecule has 0 N–H and O–H groups in total. The standard InChI is InChI=1S/C20H18N2O4/c1-13-6-4-5-7-18(13)22-14(2)17(12-21-22)20(24)26-16-10-8-15(9-11-16)19(23)25-3/h4-12H,1-3H3. The summed E-state index contributed by atoms with van der Waals surface area (Å²) in [6.45, 7) is 3.80. The van der Waals surface area contributed by atoms with Crippen LogP contribution in [-0.4, -0.2) is 28.8 Å². The number of nitrogens with zero attached hydrogens (tertiary/aromatic N) is 2. The zero-order valence-corrected chi connectivity index (χ0v) is 14.7. The zero-order chi connectivity index (χ0) is 18.7. The minimum Gasteiger partial charge on any atom is -0.465 e. The number of methoxy groups -OCH3 is 1. The van der Waals surface area contributed by atoms with Crippen LogP contribution in [0.1, 0.15) is 32.0 Å². The van der Waals surface area contributed by atoms with Crippen molar-refractivity contribution in [3.63, 3.8) is 0 Å². The quantitative estimate of drug-likeness (QED) is 0.532. The molecule has 0 aliphatic heterocycles. The molecule has 0 unspecified atom stereocenters. The van der Waals surface area contributed by atoms with E-state index >= 15 is 0 Å². The molecule has 3 rings (SSSR count). The topological polar surface area (TPSA) is 70.4 Å². The molecular formula is C20H18N2O4. The number of carbonyl (C=O) groups excluding carboxylic acids is 2. The summed E-state index contributed by atoms with van der Waals surface area (Å²) < 4.78 is 11.7. The molecule has 6 heteroatoms. The molecule has 0 amide bonds. The summed E-state index contributed by atoms with van der Waals surface area (Å²) in [6, 6.07) is 14.0. The SMILES string of the molecule is COC(=O)c1ccc(OC(=O)c2cnn(-c3ccccc3C)c2C)cc1. The summed E-state index contributed by atoms with van der Waals surface area (Å²) in [5, 5.41) is 4.31. The maximum Gasteiger partial charge on any atom is 0.347 e. The first kappa shape index (κ1) is 17.4. The van der Waals surface area contributed by atoms with Crippen molar-refractivity contribution in [1.29, 1.82) is 0 Å². The molecule has 26 heavy (non-hydrogen) atoms. The Labute approximate surface area is 151 Å². The van der Waals surface area contributed by atoms with E-state index in [1.807, 2.05) is 38.1 Å². The third kappa shape index (κ3) is 3.35. The van der Waals surface area contributed by atoms with Crippen LogP contribution in [0.15, 0.2) is 54.7 Å². The minimum absolute atomic E-state index is 0.339. The molecule has 0 aliphatic carbocycles. The van der Waals surface area contributed by atoms with E-state index in [9.17, 15) is 9.59 Å². The lowest BCUT2D eigenvalue weighted by Crippen LogP contribution is -2.10. The Morgan fingerprint density at radius 3 is 2.31 bits per heavy atom. The number of rotatable bonds is 4. The van der Waals surface area contributed by atoms with Gasteiger partial charge in [0.15, 0.2) is 0 Å². The normalized spacial score (nSPS) is 10.4. The van der Waals surface area contributed by atoms with Gasteiger partial charge < -0.3 is 9.47 Å². The second-order valence-electron chi connectivity index (χ2n) is 5.75. The number of carbonyl (C=O) groups is 2. The van der Waals surface area contributed by atoms with Crippen LogP contribution < -0.4 is 4.74 Å². The van der Waals surface area contributed by atoms with Crippen LogP contribution in [0.3, 0.4) is 0 Å². The third-order valence-electron chi connectivity index (χ3n) is 4.06. The first-order chi connectivity index (χ1) is 12.5. The fourth-order valence-corrected chi connectivity index (χ4v) is 2.59. The van der Waals surface area contributed by atoms with E-state index in [0.29, 0.717) is 22.6 Å².